The lowest BCUT2D eigenvalue weighted by Gasteiger charge is -2.11. The second-order valence-corrected chi connectivity index (χ2v) is 8.29. The van der Waals surface area contributed by atoms with Gasteiger partial charge in [0.1, 0.15) is 11.3 Å². The summed E-state index contributed by atoms with van der Waals surface area (Å²) in [7, 11) is -0.637. The molecular weight excluding hydrogens is 387 g/mol. The molecule has 1 aromatic heterocycles. The predicted molar refractivity (Wildman–Crippen MR) is 102 cm³/mol. The molecule has 0 saturated heterocycles. The van der Waals surface area contributed by atoms with E-state index in [1.54, 1.807) is 10.7 Å². The molecule has 11 heteroatoms. The fourth-order valence-corrected chi connectivity index (χ4v) is 3.39. The number of halogens is 1. The van der Waals surface area contributed by atoms with Crippen LogP contribution in [-0.2, 0) is 16.6 Å². The molecule has 0 atom stereocenters. The van der Waals surface area contributed by atoms with Gasteiger partial charge < -0.3 is 10.6 Å². The fraction of sp³-hybridized carbons (Fsp3) is 0.235. The molecule has 9 nitrogen and oxygen atoms in total. The molecular formula is C17H19FN6O3S. The summed E-state index contributed by atoms with van der Waals surface area (Å²) in [5, 5.41) is 13.2. The van der Waals surface area contributed by atoms with Crippen molar-refractivity contribution in [1.29, 1.82) is 0 Å². The SMILES string of the molecule is CN(C)S(=O)(=O)c1ccc2c(c1)nnn2CCNC(=O)Nc1ccc(F)cc1. The molecule has 0 saturated carbocycles. The first-order chi connectivity index (χ1) is 13.3. The summed E-state index contributed by atoms with van der Waals surface area (Å²) in [6, 6.07) is 9.57. The molecule has 3 aromatic rings. The monoisotopic (exact) mass is 406 g/mol. The number of amides is 2. The van der Waals surface area contributed by atoms with Gasteiger partial charge in [-0.15, -0.1) is 5.10 Å². The Morgan fingerprint density at radius 2 is 1.89 bits per heavy atom. The maximum atomic E-state index is 12.9. The molecule has 0 aliphatic heterocycles. The summed E-state index contributed by atoms with van der Waals surface area (Å²) >= 11 is 0. The number of aromatic nitrogens is 3. The van der Waals surface area contributed by atoms with Gasteiger partial charge in [0, 0.05) is 26.3 Å². The summed E-state index contributed by atoms with van der Waals surface area (Å²) in [5.74, 6) is -0.384. The molecule has 3 rings (SSSR count). The summed E-state index contributed by atoms with van der Waals surface area (Å²) in [4.78, 5) is 12.0. The highest BCUT2D eigenvalue weighted by Crippen LogP contribution is 2.19. The van der Waals surface area contributed by atoms with Crippen LogP contribution in [0, 0.1) is 5.82 Å². The van der Waals surface area contributed by atoms with Gasteiger partial charge in [-0.1, -0.05) is 5.21 Å². The average Bonchev–Trinajstić information content (AvgIpc) is 3.06. The highest BCUT2D eigenvalue weighted by atomic mass is 32.2. The zero-order valence-electron chi connectivity index (χ0n) is 15.3. The Kier molecular flexibility index (Phi) is 5.56. The van der Waals surface area contributed by atoms with Gasteiger partial charge in [-0.05, 0) is 42.5 Å². The number of carbonyl (C=O) groups is 1. The minimum Gasteiger partial charge on any atom is -0.336 e. The quantitative estimate of drug-likeness (QED) is 0.647. The van der Waals surface area contributed by atoms with Crippen molar-refractivity contribution in [2.45, 2.75) is 11.4 Å². The molecule has 0 spiro atoms. The van der Waals surface area contributed by atoms with E-state index in [2.05, 4.69) is 20.9 Å². The van der Waals surface area contributed by atoms with Crippen LogP contribution in [0.4, 0.5) is 14.9 Å². The van der Waals surface area contributed by atoms with Crippen LogP contribution in [0.2, 0.25) is 0 Å². The zero-order chi connectivity index (χ0) is 20.3. The van der Waals surface area contributed by atoms with E-state index in [1.807, 2.05) is 0 Å². The number of fused-ring (bicyclic) bond motifs is 1. The fourth-order valence-electron chi connectivity index (χ4n) is 2.47. The number of nitrogens with one attached hydrogen (secondary N) is 2. The predicted octanol–water partition coefficient (Wildman–Crippen LogP) is 1.64. The highest BCUT2D eigenvalue weighted by Gasteiger charge is 2.18. The summed E-state index contributed by atoms with van der Waals surface area (Å²) in [6.45, 7) is 0.607. The topological polar surface area (TPSA) is 109 Å². The Bertz CT molecular complexity index is 1100. The van der Waals surface area contributed by atoms with Gasteiger partial charge in [-0.2, -0.15) is 0 Å². The molecule has 2 amide bonds. The number of hydrogen-bond acceptors (Lipinski definition) is 5. The van der Waals surface area contributed by atoms with Gasteiger partial charge in [0.15, 0.2) is 0 Å². The van der Waals surface area contributed by atoms with Crippen molar-refractivity contribution in [2.24, 2.45) is 0 Å². The number of sulfonamides is 1. The van der Waals surface area contributed by atoms with Gasteiger partial charge in [-0.3, -0.25) is 0 Å². The molecule has 0 radical (unpaired) electrons. The standard InChI is InChI=1S/C17H19FN6O3S/c1-23(2)28(26,27)14-7-8-16-15(11-14)21-22-24(16)10-9-19-17(25)20-13-5-3-12(18)4-6-13/h3-8,11H,9-10H2,1-2H3,(H2,19,20,25). The van der Waals surface area contributed by atoms with Crippen molar-refractivity contribution in [2.75, 3.05) is 26.0 Å². The van der Waals surface area contributed by atoms with E-state index in [0.717, 1.165) is 4.31 Å². The maximum absolute atomic E-state index is 12.9. The van der Waals surface area contributed by atoms with Crippen LogP contribution >= 0.6 is 0 Å². The molecule has 28 heavy (non-hydrogen) atoms. The van der Waals surface area contributed by atoms with Crippen LogP contribution in [-0.4, -0.2) is 54.4 Å². The molecule has 0 aliphatic rings. The molecule has 0 bridgehead atoms. The molecule has 0 aliphatic carbocycles. The van der Waals surface area contributed by atoms with Gasteiger partial charge in [0.05, 0.1) is 17.0 Å². The number of hydrogen-bond donors (Lipinski definition) is 2. The van der Waals surface area contributed by atoms with Crippen molar-refractivity contribution in [3.05, 3.63) is 48.3 Å². The molecule has 148 valence electrons. The third-order valence-corrected chi connectivity index (χ3v) is 5.79. The van der Waals surface area contributed by atoms with E-state index in [4.69, 9.17) is 0 Å². The van der Waals surface area contributed by atoms with Gasteiger partial charge in [0.25, 0.3) is 0 Å². The molecule has 2 N–H and O–H groups in total. The van der Waals surface area contributed by atoms with Gasteiger partial charge >= 0.3 is 6.03 Å². The van der Waals surface area contributed by atoms with E-state index in [9.17, 15) is 17.6 Å². The highest BCUT2D eigenvalue weighted by molar-refractivity contribution is 7.89. The Labute approximate surface area is 161 Å². The molecule has 0 fully saturated rings. The number of benzene rings is 2. The van der Waals surface area contributed by atoms with Crippen LogP contribution in [0.15, 0.2) is 47.4 Å². The Morgan fingerprint density at radius 1 is 1.18 bits per heavy atom. The van der Waals surface area contributed by atoms with Crippen molar-refractivity contribution in [1.82, 2.24) is 24.6 Å². The number of carbonyl (C=O) groups excluding carboxylic acids is 1. The third-order valence-electron chi connectivity index (χ3n) is 3.98. The van der Waals surface area contributed by atoms with Crippen molar-refractivity contribution in [3.8, 4) is 0 Å². The van der Waals surface area contributed by atoms with E-state index in [-0.39, 0.29) is 17.3 Å². The minimum absolute atomic E-state index is 0.133. The minimum atomic E-state index is -3.55. The Morgan fingerprint density at radius 3 is 2.57 bits per heavy atom. The van der Waals surface area contributed by atoms with Crippen molar-refractivity contribution >= 4 is 32.8 Å². The molecule has 0 unspecified atom stereocenters. The van der Waals surface area contributed by atoms with Crippen molar-refractivity contribution in [3.63, 3.8) is 0 Å². The first-order valence-electron chi connectivity index (χ1n) is 8.33. The van der Waals surface area contributed by atoms with Crippen LogP contribution in [0.25, 0.3) is 11.0 Å². The van der Waals surface area contributed by atoms with Crippen molar-refractivity contribution < 1.29 is 17.6 Å². The number of nitrogens with zero attached hydrogens (tertiary/aromatic N) is 4. The number of anilines is 1. The lowest BCUT2D eigenvalue weighted by Crippen LogP contribution is -2.31. The number of rotatable bonds is 6. The van der Waals surface area contributed by atoms with Crippen LogP contribution in [0.1, 0.15) is 0 Å². The van der Waals surface area contributed by atoms with Crippen LogP contribution in [0.5, 0.6) is 0 Å². The Hall–Kier alpha value is -3.05. The summed E-state index contributed by atoms with van der Waals surface area (Å²) in [6.07, 6.45) is 0. The van der Waals surface area contributed by atoms with Crippen LogP contribution in [0.3, 0.4) is 0 Å². The summed E-state index contributed by atoms with van der Waals surface area (Å²) in [5.41, 5.74) is 1.57. The lowest BCUT2D eigenvalue weighted by molar-refractivity contribution is 0.251. The zero-order valence-corrected chi connectivity index (χ0v) is 16.1. The summed E-state index contributed by atoms with van der Waals surface area (Å²) < 4.78 is 39.9. The average molecular weight is 406 g/mol. The van der Waals surface area contributed by atoms with E-state index >= 15 is 0 Å². The number of urea groups is 1. The van der Waals surface area contributed by atoms with E-state index in [1.165, 1.54) is 50.5 Å². The smallest absolute Gasteiger partial charge is 0.319 e. The third kappa shape index (κ3) is 4.26. The molecule has 1 heterocycles. The van der Waals surface area contributed by atoms with Crippen LogP contribution < -0.4 is 10.6 Å². The maximum Gasteiger partial charge on any atom is 0.319 e. The first-order valence-corrected chi connectivity index (χ1v) is 9.77. The second kappa shape index (κ2) is 7.90. The van der Waals surface area contributed by atoms with E-state index < -0.39 is 16.1 Å². The largest absolute Gasteiger partial charge is 0.336 e. The Balaban J connectivity index is 1.62. The van der Waals surface area contributed by atoms with Gasteiger partial charge in [-0.25, -0.2) is 26.6 Å². The first kappa shape index (κ1) is 19.7. The normalized spacial score (nSPS) is 11.7. The lowest BCUT2D eigenvalue weighted by atomic mass is 10.3. The molecule has 2 aromatic carbocycles. The van der Waals surface area contributed by atoms with Gasteiger partial charge in [0.2, 0.25) is 10.0 Å². The van der Waals surface area contributed by atoms with E-state index in [0.29, 0.717) is 23.3 Å². The second-order valence-electron chi connectivity index (χ2n) is 6.14.